The molecule has 1 heterocycles. The molecule has 0 spiro atoms. The van der Waals surface area contributed by atoms with Crippen molar-refractivity contribution in [1.29, 1.82) is 0 Å². The Bertz CT molecular complexity index is 311. The number of aryl methyl sites for hydroxylation is 2. The Morgan fingerprint density at radius 2 is 2.27 bits per heavy atom. The van der Waals surface area contributed by atoms with Crippen molar-refractivity contribution in [3.8, 4) is 0 Å². The topological polar surface area (TPSA) is 55.9 Å². The molecule has 0 amide bonds. The smallest absolute Gasteiger partial charge is 0.250 e. The second kappa shape index (κ2) is 5.18. The van der Waals surface area contributed by atoms with Gasteiger partial charge in [-0.1, -0.05) is 0 Å². The molecule has 1 unspecified atom stereocenters. The van der Waals surface area contributed by atoms with E-state index in [1.807, 2.05) is 6.92 Å². The van der Waals surface area contributed by atoms with Crippen molar-refractivity contribution >= 4 is 0 Å². The number of nitrogens with two attached hydrogens (primary N) is 1. The normalized spacial score (nSPS) is 13.5. The van der Waals surface area contributed by atoms with E-state index in [4.69, 9.17) is 5.73 Å². The molecule has 0 aliphatic rings. The summed E-state index contributed by atoms with van der Waals surface area (Å²) in [6.07, 6.45) is -0.568. The summed E-state index contributed by atoms with van der Waals surface area (Å²) in [5.41, 5.74) is 7.21. The van der Waals surface area contributed by atoms with Crippen LogP contribution in [0, 0.1) is 6.92 Å². The van der Waals surface area contributed by atoms with E-state index in [0.29, 0.717) is 0 Å². The predicted molar refractivity (Wildman–Crippen MR) is 53.7 cm³/mol. The minimum Gasteiger partial charge on any atom is -0.329 e. The summed E-state index contributed by atoms with van der Waals surface area (Å²) in [5, 5.41) is 6.85. The van der Waals surface area contributed by atoms with E-state index in [1.165, 1.54) is 0 Å². The van der Waals surface area contributed by atoms with Gasteiger partial charge in [-0.3, -0.25) is 4.68 Å². The van der Waals surface area contributed by atoms with Gasteiger partial charge in [-0.15, -0.1) is 0 Å². The van der Waals surface area contributed by atoms with Crippen molar-refractivity contribution in [1.82, 2.24) is 15.1 Å². The number of hydrogen-bond acceptors (Lipinski definition) is 3. The molecule has 1 rings (SSSR count). The number of rotatable bonds is 5. The van der Waals surface area contributed by atoms with Crippen LogP contribution in [0.4, 0.5) is 8.78 Å². The summed E-state index contributed by atoms with van der Waals surface area (Å²) < 4.78 is 25.7. The molecule has 3 N–H and O–H groups in total. The first-order valence-electron chi connectivity index (χ1n) is 4.76. The zero-order valence-electron chi connectivity index (χ0n) is 8.87. The molecule has 1 aromatic heterocycles. The monoisotopic (exact) mass is 218 g/mol. The molecule has 1 aromatic rings. The summed E-state index contributed by atoms with van der Waals surface area (Å²) >= 11 is 0. The molecule has 0 fully saturated rings. The second-order valence-corrected chi connectivity index (χ2v) is 3.43. The molecule has 0 bridgehead atoms. The van der Waals surface area contributed by atoms with Crippen LogP contribution in [0.1, 0.15) is 17.3 Å². The van der Waals surface area contributed by atoms with Gasteiger partial charge in [0.15, 0.2) is 0 Å². The first-order valence-corrected chi connectivity index (χ1v) is 4.76. The van der Waals surface area contributed by atoms with Crippen LogP contribution in [0.15, 0.2) is 6.20 Å². The fourth-order valence-electron chi connectivity index (χ4n) is 1.51. The van der Waals surface area contributed by atoms with E-state index < -0.39 is 6.43 Å². The Labute approximate surface area is 87.4 Å². The highest BCUT2D eigenvalue weighted by Crippen LogP contribution is 2.15. The quantitative estimate of drug-likeness (QED) is 0.760. The summed E-state index contributed by atoms with van der Waals surface area (Å²) in [7, 11) is 1.79. The van der Waals surface area contributed by atoms with Crippen LogP contribution in [-0.2, 0) is 7.05 Å². The highest BCUT2D eigenvalue weighted by Gasteiger charge is 2.15. The van der Waals surface area contributed by atoms with Gasteiger partial charge in [0.05, 0.1) is 12.2 Å². The minimum atomic E-state index is -2.36. The van der Waals surface area contributed by atoms with Crippen LogP contribution in [0.25, 0.3) is 0 Å². The molecule has 0 saturated carbocycles. The van der Waals surface area contributed by atoms with Gasteiger partial charge in [-0.25, -0.2) is 8.78 Å². The maximum absolute atomic E-state index is 12.0. The van der Waals surface area contributed by atoms with Gasteiger partial charge in [0, 0.05) is 31.4 Å². The molecule has 0 aliphatic carbocycles. The lowest BCUT2D eigenvalue weighted by Crippen LogP contribution is -2.32. The van der Waals surface area contributed by atoms with Crippen molar-refractivity contribution in [2.45, 2.75) is 19.4 Å². The van der Waals surface area contributed by atoms with Crippen LogP contribution in [-0.4, -0.2) is 29.3 Å². The van der Waals surface area contributed by atoms with Crippen LogP contribution in [0.5, 0.6) is 0 Å². The number of halogens is 2. The third kappa shape index (κ3) is 3.24. The third-order valence-electron chi connectivity index (χ3n) is 2.18. The maximum Gasteiger partial charge on any atom is 0.250 e. The standard InChI is InChI=1S/C9H16F2N4/c1-6-7(5-15(2)14-6)8(3-12)13-4-9(10)11/h5,8-9,13H,3-4,12H2,1-2H3. The zero-order chi connectivity index (χ0) is 11.4. The molecule has 0 aromatic carbocycles. The molecule has 6 heteroatoms. The number of hydrogen-bond donors (Lipinski definition) is 2. The van der Waals surface area contributed by atoms with Crippen LogP contribution in [0.2, 0.25) is 0 Å². The lowest BCUT2D eigenvalue weighted by Gasteiger charge is -2.15. The Balaban J connectivity index is 2.69. The number of aromatic nitrogens is 2. The van der Waals surface area contributed by atoms with E-state index in [1.54, 1.807) is 17.9 Å². The van der Waals surface area contributed by atoms with Crippen LogP contribution in [0.3, 0.4) is 0 Å². The summed E-state index contributed by atoms with van der Waals surface area (Å²) in [5.74, 6) is 0. The van der Waals surface area contributed by atoms with Gasteiger partial charge in [-0.05, 0) is 6.92 Å². The Morgan fingerprint density at radius 3 is 2.67 bits per heavy atom. The summed E-state index contributed by atoms with van der Waals surface area (Å²) in [6.45, 7) is 1.76. The molecule has 0 aliphatic heterocycles. The van der Waals surface area contributed by atoms with E-state index >= 15 is 0 Å². The van der Waals surface area contributed by atoms with E-state index in [9.17, 15) is 8.78 Å². The first-order chi connectivity index (χ1) is 7.04. The van der Waals surface area contributed by atoms with Gasteiger partial charge in [0.25, 0.3) is 6.43 Å². The van der Waals surface area contributed by atoms with Gasteiger partial charge in [0.2, 0.25) is 0 Å². The number of alkyl halides is 2. The van der Waals surface area contributed by atoms with Gasteiger partial charge >= 0.3 is 0 Å². The Hall–Kier alpha value is -1.01. The average Bonchev–Trinajstić information content (AvgIpc) is 2.46. The molecule has 0 saturated heterocycles. The van der Waals surface area contributed by atoms with E-state index in [-0.39, 0.29) is 19.1 Å². The minimum absolute atomic E-state index is 0.257. The molecule has 86 valence electrons. The maximum atomic E-state index is 12.0. The SMILES string of the molecule is Cc1nn(C)cc1C(CN)NCC(F)F. The summed E-state index contributed by atoms with van der Waals surface area (Å²) in [6, 6.07) is -0.257. The van der Waals surface area contributed by atoms with Crippen molar-refractivity contribution in [3.05, 3.63) is 17.5 Å². The largest absolute Gasteiger partial charge is 0.329 e. The van der Waals surface area contributed by atoms with Crippen molar-refractivity contribution in [2.24, 2.45) is 12.8 Å². The van der Waals surface area contributed by atoms with E-state index in [0.717, 1.165) is 11.3 Å². The Morgan fingerprint density at radius 1 is 1.60 bits per heavy atom. The lowest BCUT2D eigenvalue weighted by atomic mass is 10.1. The third-order valence-corrected chi connectivity index (χ3v) is 2.18. The van der Waals surface area contributed by atoms with Crippen molar-refractivity contribution in [3.63, 3.8) is 0 Å². The molecular formula is C9H16F2N4. The summed E-state index contributed by atoms with van der Waals surface area (Å²) in [4.78, 5) is 0. The van der Waals surface area contributed by atoms with E-state index in [2.05, 4.69) is 10.4 Å². The van der Waals surface area contributed by atoms with Crippen LogP contribution >= 0.6 is 0 Å². The fourth-order valence-corrected chi connectivity index (χ4v) is 1.51. The van der Waals surface area contributed by atoms with Crippen molar-refractivity contribution in [2.75, 3.05) is 13.1 Å². The molecule has 4 nitrogen and oxygen atoms in total. The molecule has 0 radical (unpaired) electrons. The van der Waals surface area contributed by atoms with Crippen LogP contribution < -0.4 is 11.1 Å². The average molecular weight is 218 g/mol. The second-order valence-electron chi connectivity index (χ2n) is 3.43. The van der Waals surface area contributed by atoms with Gasteiger partial charge < -0.3 is 11.1 Å². The lowest BCUT2D eigenvalue weighted by molar-refractivity contribution is 0.141. The number of nitrogens with zero attached hydrogens (tertiary/aromatic N) is 2. The predicted octanol–water partition coefficient (Wildman–Crippen LogP) is 0.583. The highest BCUT2D eigenvalue weighted by atomic mass is 19.3. The van der Waals surface area contributed by atoms with Crippen molar-refractivity contribution < 1.29 is 8.78 Å². The fraction of sp³-hybridized carbons (Fsp3) is 0.667. The van der Waals surface area contributed by atoms with Gasteiger partial charge in [0.1, 0.15) is 0 Å². The molecule has 15 heavy (non-hydrogen) atoms. The Kier molecular flexibility index (Phi) is 4.16. The molecule has 1 atom stereocenters. The number of nitrogens with one attached hydrogen (secondary N) is 1. The highest BCUT2D eigenvalue weighted by molar-refractivity contribution is 5.20. The first kappa shape index (κ1) is 12.1. The molecular weight excluding hydrogens is 202 g/mol. The van der Waals surface area contributed by atoms with Gasteiger partial charge in [-0.2, -0.15) is 5.10 Å². The zero-order valence-corrected chi connectivity index (χ0v) is 8.87.